The normalized spacial score (nSPS) is 16.1. The molecule has 0 amide bonds. The Bertz CT molecular complexity index is 277. The predicted octanol–water partition coefficient (Wildman–Crippen LogP) is 1.20. The highest BCUT2D eigenvalue weighted by Gasteiger charge is 2.11. The first-order valence-electron chi connectivity index (χ1n) is 3.45. The fraction of sp³-hybridized carbons (Fsp3) is 0.429. The summed E-state index contributed by atoms with van der Waals surface area (Å²) in [7, 11) is 0. The minimum Gasteiger partial charge on any atom is -0.375 e. The first kappa shape index (κ1) is 7.00. The van der Waals surface area contributed by atoms with Crippen molar-refractivity contribution in [1.29, 1.82) is 0 Å². The fourth-order valence-electron chi connectivity index (χ4n) is 1.12. The zero-order valence-electron chi connectivity index (χ0n) is 5.88. The fourth-order valence-corrected chi connectivity index (χ4v) is 1.29. The molecule has 2 heterocycles. The van der Waals surface area contributed by atoms with E-state index in [0.717, 1.165) is 24.3 Å². The number of fused-ring (bicyclic) bond motifs is 1. The van der Waals surface area contributed by atoms with Gasteiger partial charge in [-0.15, -0.1) is 5.10 Å². The van der Waals surface area contributed by atoms with E-state index in [-0.39, 0.29) is 0 Å². The van der Waals surface area contributed by atoms with Crippen LogP contribution in [0.1, 0.15) is 11.3 Å². The maximum absolute atomic E-state index is 5.66. The lowest BCUT2D eigenvalue weighted by Crippen LogP contribution is -2.12. The predicted molar refractivity (Wildman–Crippen MR) is 40.4 cm³/mol. The molecule has 1 aromatic heterocycles. The average Bonchev–Trinajstić information content (AvgIpc) is 2.04. The molecule has 0 fully saturated rings. The Morgan fingerprint density at radius 3 is 3.27 bits per heavy atom. The molecule has 0 aromatic carbocycles. The van der Waals surface area contributed by atoms with E-state index in [2.05, 4.69) is 10.2 Å². The smallest absolute Gasteiger partial charge is 0.152 e. The van der Waals surface area contributed by atoms with Crippen LogP contribution < -0.4 is 0 Å². The Morgan fingerprint density at radius 2 is 2.36 bits per heavy atom. The number of rotatable bonds is 0. The van der Waals surface area contributed by atoms with Crippen molar-refractivity contribution in [3.05, 3.63) is 22.5 Å². The van der Waals surface area contributed by atoms with Crippen molar-refractivity contribution in [2.24, 2.45) is 0 Å². The van der Waals surface area contributed by atoms with Crippen molar-refractivity contribution in [1.82, 2.24) is 10.2 Å². The van der Waals surface area contributed by atoms with E-state index in [1.165, 1.54) is 0 Å². The number of hydrogen-bond donors (Lipinski definition) is 0. The number of hydrogen-bond acceptors (Lipinski definition) is 3. The second kappa shape index (κ2) is 2.75. The number of aromatic nitrogens is 2. The van der Waals surface area contributed by atoms with Crippen LogP contribution in [-0.4, -0.2) is 16.8 Å². The Kier molecular flexibility index (Phi) is 1.75. The van der Waals surface area contributed by atoms with E-state index < -0.39 is 0 Å². The van der Waals surface area contributed by atoms with Crippen molar-refractivity contribution in [3.8, 4) is 0 Å². The highest BCUT2D eigenvalue weighted by Crippen LogP contribution is 2.15. The number of ether oxygens (including phenoxy) is 1. The highest BCUT2D eigenvalue weighted by atomic mass is 35.5. The molecule has 0 unspecified atom stereocenters. The van der Waals surface area contributed by atoms with Crippen LogP contribution in [0, 0.1) is 0 Å². The van der Waals surface area contributed by atoms with Gasteiger partial charge in [-0.2, -0.15) is 5.10 Å². The van der Waals surface area contributed by atoms with Gasteiger partial charge < -0.3 is 4.74 Å². The van der Waals surface area contributed by atoms with Crippen LogP contribution in [0.15, 0.2) is 6.07 Å². The standard InChI is InChI=1S/C7H7ClN2O/c8-7-3-5-1-2-11-4-6(5)9-10-7/h3H,1-2,4H2. The van der Waals surface area contributed by atoms with Gasteiger partial charge in [-0.05, 0) is 18.1 Å². The topological polar surface area (TPSA) is 35.0 Å². The minimum absolute atomic E-state index is 0.464. The average molecular weight is 171 g/mol. The van der Waals surface area contributed by atoms with E-state index in [1.807, 2.05) is 6.07 Å². The van der Waals surface area contributed by atoms with Gasteiger partial charge >= 0.3 is 0 Å². The Hall–Kier alpha value is -0.670. The molecule has 58 valence electrons. The van der Waals surface area contributed by atoms with Crippen LogP contribution in [0.25, 0.3) is 0 Å². The largest absolute Gasteiger partial charge is 0.375 e. The lowest BCUT2D eigenvalue weighted by Gasteiger charge is -2.13. The van der Waals surface area contributed by atoms with Gasteiger partial charge in [0, 0.05) is 0 Å². The van der Waals surface area contributed by atoms with Gasteiger partial charge in [-0.25, -0.2) is 0 Å². The second-order valence-electron chi connectivity index (χ2n) is 2.44. The molecule has 2 rings (SSSR count). The molecule has 1 aliphatic heterocycles. The van der Waals surface area contributed by atoms with Crippen LogP contribution in [0.2, 0.25) is 5.15 Å². The molecule has 1 aliphatic rings. The van der Waals surface area contributed by atoms with Crippen molar-refractivity contribution in [2.75, 3.05) is 6.61 Å². The number of halogens is 1. The third-order valence-corrected chi connectivity index (χ3v) is 1.87. The van der Waals surface area contributed by atoms with Gasteiger partial charge in [-0.3, -0.25) is 0 Å². The molecule has 0 bridgehead atoms. The summed E-state index contributed by atoms with van der Waals surface area (Å²) < 4.78 is 5.19. The van der Waals surface area contributed by atoms with Crippen molar-refractivity contribution < 1.29 is 4.74 Å². The summed E-state index contributed by atoms with van der Waals surface area (Å²) in [5.74, 6) is 0. The molecular weight excluding hydrogens is 164 g/mol. The molecule has 3 nitrogen and oxygen atoms in total. The lowest BCUT2D eigenvalue weighted by molar-refractivity contribution is 0.106. The number of nitrogens with zero attached hydrogens (tertiary/aromatic N) is 2. The van der Waals surface area contributed by atoms with Gasteiger partial charge in [0.15, 0.2) is 5.15 Å². The maximum atomic E-state index is 5.66. The summed E-state index contributed by atoms with van der Waals surface area (Å²) in [5, 5.41) is 8.10. The molecule has 1 aromatic rings. The van der Waals surface area contributed by atoms with Crippen LogP contribution in [0.3, 0.4) is 0 Å². The van der Waals surface area contributed by atoms with Crippen LogP contribution in [0.4, 0.5) is 0 Å². The summed E-state index contributed by atoms with van der Waals surface area (Å²) in [6.45, 7) is 1.33. The Morgan fingerprint density at radius 1 is 1.45 bits per heavy atom. The molecule has 11 heavy (non-hydrogen) atoms. The molecule has 0 atom stereocenters. The van der Waals surface area contributed by atoms with E-state index >= 15 is 0 Å². The first-order chi connectivity index (χ1) is 5.36. The van der Waals surface area contributed by atoms with Gasteiger partial charge in [0.1, 0.15) is 0 Å². The SMILES string of the molecule is Clc1cc2c(nn1)COCC2. The third kappa shape index (κ3) is 1.34. The maximum Gasteiger partial charge on any atom is 0.152 e. The second-order valence-corrected chi connectivity index (χ2v) is 2.83. The van der Waals surface area contributed by atoms with E-state index in [0.29, 0.717) is 11.8 Å². The quantitative estimate of drug-likeness (QED) is 0.587. The van der Waals surface area contributed by atoms with Crippen molar-refractivity contribution in [2.45, 2.75) is 13.0 Å². The van der Waals surface area contributed by atoms with Crippen LogP contribution >= 0.6 is 11.6 Å². The summed E-state index contributed by atoms with van der Waals surface area (Å²) in [5.41, 5.74) is 2.08. The molecular formula is C7H7ClN2O. The summed E-state index contributed by atoms with van der Waals surface area (Å²) >= 11 is 5.66. The monoisotopic (exact) mass is 170 g/mol. The van der Waals surface area contributed by atoms with E-state index in [1.54, 1.807) is 0 Å². The lowest BCUT2D eigenvalue weighted by atomic mass is 10.1. The highest BCUT2D eigenvalue weighted by molar-refractivity contribution is 6.29. The Balaban J connectivity index is 2.43. The van der Waals surface area contributed by atoms with Crippen molar-refractivity contribution >= 4 is 11.6 Å². The minimum atomic E-state index is 0.464. The van der Waals surface area contributed by atoms with Crippen molar-refractivity contribution in [3.63, 3.8) is 0 Å². The van der Waals surface area contributed by atoms with Crippen LogP contribution in [-0.2, 0) is 17.8 Å². The van der Waals surface area contributed by atoms with Gasteiger partial charge in [-0.1, -0.05) is 11.6 Å². The van der Waals surface area contributed by atoms with Crippen LogP contribution in [0.5, 0.6) is 0 Å². The zero-order valence-corrected chi connectivity index (χ0v) is 6.64. The summed E-state index contributed by atoms with van der Waals surface area (Å²) in [6, 6.07) is 1.85. The summed E-state index contributed by atoms with van der Waals surface area (Å²) in [6.07, 6.45) is 0.893. The molecule has 0 N–H and O–H groups in total. The summed E-state index contributed by atoms with van der Waals surface area (Å²) in [4.78, 5) is 0. The molecule has 4 heteroatoms. The Labute approximate surface area is 69.3 Å². The molecule has 0 radical (unpaired) electrons. The van der Waals surface area contributed by atoms with E-state index in [4.69, 9.17) is 16.3 Å². The first-order valence-corrected chi connectivity index (χ1v) is 3.83. The van der Waals surface area contributed by atoms with Gasteiger partial charge in [0.2, 0.25) is 0 Å². The molecule has 0 saturated carbocycles. The third-order valence-electron chi connectivity index (χ3n) is 1.68. The van der Waals surface area contributed by atoms with Gasteiger partial charge in [0.05, 0.1) is 18.9 Å². The molecule has 0 spiro atoms. The van der Waals surface area contributed by atoms with Gasteiger partial charge in [0.25, 0.3) is 0 Å². The molecule has 0 aliphatic carbocycles. The van der Waals surface area contributed by atoms with E-state index in [9.17, 15) is 0 Å². The zero-order chi connectivity index (χ0) is 7.68. The molecule has 0 saturated heterocycles.